The molecule has 0 bridgehead atoms. The van der Waals surface area contributed by atoms with Crippen molar-refractivity contribution in [2.24, 2.45) is 0 Å². The summed E-state index contributed by atoms with van der Waals surface area (Å²) in [5.41, 5.74) is -1.14. The smallest absolute Gasteiger partial charge is 0.358 e. The number of rotatable bonds is 5. The first-order chi connectivity index (χ1) is 5.04. The summed E-state index contributed by atoms with van der Waals surface area (Å²) in [6, 6.07) is 0. The van der Waals surface area contributed by atoms with Crippen LogP contribution in [0.1, 0.15) is 6.42 Å². The third-order valence-corrected chi connectivity index (χ3v) is 2.53. The highest BCUT2D eigenvalue weighted by Gasteiger charge is 2.07. The fourth-order valence-electron chi connectivity index (χ4n) is 0.663. The van der Waals surface area contributed by atoms with Gasteiger partial charge in [0.2, 0.25) is 0 Å². The van der Waals surface area contributed by atoms with Gasteiger partial charge in [-0.1, -0.05) is 0 Å². The zero-order valence-corrected chi connectivity index (χ0v) is 7.83. The highest BCUT2D eigenvalue weighted by molar-refractivity contribution is 7.62. The van der Waals surface area contributed by atoms with Crippen LogP contribution < -0.4 is 0 Å². The van der Waals surface area contributed by atoms with Gasteiger partial charge in [0, 0.05) is 6.16 Å². The number of hydrogen-bond acceptors (Lipinski definition) is 3. The molecule has 0 radical (unpaired) electrons. The Balaban J connectivity index is 3.40. The van der Waals surface area contributed by atoms with Crippen molar-refractivity contribution in [3.8, 4) is 0 Å². The molecule has 0 amide bonds. The third kappa shape index (κ3) is 6.07. The van der Waals surface area contributed by atoms with E-state index < -0.39 is 13.5 Å². The number of nitrogens with zero attached hydrogens (tertiary/aromatic N) is 1. The van der Waals surface area contributed by atoms with Crippen molar-refractivity contribution in [3.05, 3.63) is 0 Å². The van der Waals surface area contributed by atoms with Crippen molar-refractivity contribution in [2.75, 3.05) is 26.8 Å². The Labute approximate surface area is 67.0 Å². The van der Waals surface area contributed by atoms with Gasteiger partial charge in [0.1, 0.15) is 0 Å². The van der Waals surface area contributed by atoms with Crippen molar-refractivity contribution in [1.29, 1.82) is 0 Å². The summed E-state index contributed by atoms with van der Waals surface area (Å²) in [7, 11) is 1.44. The molecule has 1 N–H and O–H groups in total. The van der Waals surface area contributed by atoms with Crippen LogP contribution in [0.25, 0.3) is 0 Å². The molecule has 11 heavy (non-hydrogen) atoms. The minimum Gasteiger partial charge on any atom is -0.476 e. The summed E-state index contributed by atoms with van der Waals surface area (Å²) >= 11 is 0. The number of carbonyl (C=O) groups is 1. The van der Waals surface area contributed by atoms with Gasteiger partial charge in [-0.25, -0.2) is 4.79 Å². The molecule has 0 aromatic rings. The van der Waals surface area contributed by atoms with E-state index in [9.17, 15) is 9.36 Å². The highest BCUT2D eigenvalue weighted by atomic mass is 31.1. The lowest BCUT2D eigenvalue weighted by atomic mass is 10.5. The summed E-state index contributed by atoms with van der Waals surface area (Å²) < 4.78 is 10.7. The second-order valence-electron chi connectivity index (χ2n) is 2.64. The van der Waals surface area contributed by atoms with E-state index in [1.54, 1.807) is 0 Å². The maximum absolute atomic E-state index is 10.7. The van der Waals surface area contributed by atoms with Gasteiger partial charge in [-0.2, -0.15) is 0 Å². The SMILES string of the molecule is CN(C)CCC[PH](=O)C(=O)O. The molecule has 0 saturated heterocycles. The molecule has 0 aliphatic carbocycles. The maximum atomic E-state index is 10.7. The van der Waals surface area contributed by atoms with E-state index in [-0.39, 0.29) is 0 Å². The molecule has 0 aromatic heterocycles. The van der Waals surface area contributed by atoms with Crippen LogP contribution in [0.5, 0.6) is 0 Å². The Kier molecular flexibility index (Phi) is 5.16. The van der Waals surface area contributed by atoms with E-state index >= 15 is 0 Å². The molecular formula is C6H14NO3P. The average molecular weight is 179 g/mol. The molecule has 0 heterocycles. The van der Waals surface area contributed by atoms with Crippen LogP contribution in [0.15, 0.2) is 0 Å². The van der Waals surface area contributed by atoms with Gasteiger partial charge in [0.15, 0.2) is 7.80 Å². The van der Waals surface area contributed by atoms with Gasteiger partial charge in [-0.05, 0) is 27.1 Å². The minimum atomic E-state index is -2.36. The Morgan fingerprint density at radius 3 is 2.45 bits per heavy atom. The van der Waals surface area contributed by atoms with Crippen LogP contribution in [0, 0.1) is 0 Å². The summed E-state index contributed by atoms with van der Waals surface area (Å²) in [5.74, 6) is 0. The van der Waals surface area contributed by atoms with Crippen LogP contribution in [-0.4, -0.2) is 42.5 Å². The molecule has 0 fully saturated rings. The summed E-state index contributed by atoms with van der Waals surface area (Å²) in [5, 5.41) is 8.27. The van der Waals surface area contributed by atoms with Gasteiger partial charge >= 0.3 is 5.71 Å². The molecular weight excluding hydrogens is 165 g/mol. The van der Waals surface area contributed by atoms with E-state index in [1.807, 2.05) is 19.0 Å². The standard InChI is InChI=1S/C6H14NO3P/c1-7(2)4-3-5-11(10)6(8)9/h11H,3-5H2,1-2H3,(H,8,9). The van der Waals surface area contributed by atoms with E-state index in [0.29, 0.717) is 12.6 Å². The van der Waals surface area contributed by atoms with Crippen LogP contribution in [-0.2, 0) is 4.57 Å². The second kappa shape index (κ2) is 5.33. The first-order valence-corrected chi connectivity index (χ1v) is 5.06. The van der Waals surface area contributed by atoms with Gasteiger partial charge in [0.05, 0.1) is 0 Å². The van der Waals surface area contributed by atoms with Crippen molar-refractivity contribution >= 4 is 13.5 Å². The zero-order valence-electron chi connectivity index (χ0n) is 6.83. The number of carboxylic acid groups (broad SMARTS) is 1. The summed E-state index contributed by atoms with van der Waals surface area (Å²) in [4.78, 5) is 12.0. The van der Waals surface area contributed by atoms with Crippen LogP contribution in [0.4, 0.5) is 4.79 Å². The molecule has 4 nitrogen and oxygen atoms in total. The lowest BCUT2D eigenvalue weighted by molar-refractivity contribution is 0.219. The molecule has 1 atom stereocenters. The molecule has 0 spiro atoms. The molecule has 1 unspecified atom stereocenters. The van der Waals surface area contributed by atoms with Crippen molar-refractivity contribution in [2.45, 2.75) is 6.42 Å². The lowest BCUT2D eigenvalue weighted by Crippen LogP contribution is -2.13. The summed E-state index contributed by atoms with van der Waals surface area (Å²) in [6.45, 7) is 0.795. The van der Waals surface area contributed by atoms with Gasteiger partial charge in [-0.3, -0.25) is 0 Å². The average Bonchev–Trinajstić information content (AvgIpc) is 1.86. The first-order valence-electron chi connectivity index (χ1n) is 3.45. The Morgan fingerprint density at radius 1 is 1.55 bits per heavy atom. The Bertz CT molecular complexity index is 158. The minimum absolute atomic E-state index is 0.318. The second-order valence-corrected chi connectivity index (χ2v) is 4.41. The van der Waals surface area contributed by atoms with Gasteiger partial charge < -0.3 is 14.6 Å². The van der Waals surface area contributed by atoms with E-state index in [1.165, 1.54) is 0 Å². The summed E-state index contributed by atoms with van der Waals surface area (Å²) in [6.07, 6.45) is 1.01. The van der Waals surface area contributed by atoms with E-state index in [4.69, 9.17) is 5.11 Å². The van der Waals surface area contributed by atoms with Crippen LogP contribution in [0.2, 0.25) is 0 Å². The molecule has 5 heteroatoms. The van der Waals surface area contributed by atoms with Crippen LogP contribution in [0.3, 0.4) is 0 Å². The quantitative estimate of drug-likeness (QED) is 0.643. The largest absolute Gasteiger partial charge is 0.476 e. The Morgan fingerprint density at radius 2 is 2.09 bits per heavy atom. The van der Waals surface area contributed by atoms with Crippen molar-refractivity contribution in [3.63, 3.8) is 0 Å². The van der Waals surface area contributed by atoms with Crippen molar-refractivity contribution in [1.82, 2.24) is 4.90 Å². The third-order valence-electron chi connectivity index (χ3n) is 1.25. The molecule has 0 rings (SSSR count). The number of hydrogen-bond donors (Lipinski definition) is 1. The normalized spacial score (nSPS) is 13.4. The van der Waals surface area contributed by atoms with Gasteiger partial charge in [0.25, 0.3) is 0 Å². The monoisotopic (exact) mass is 179 g/mol. The van der Waals surface area contributed by atoms with E-state index in [0.717, 1.165) is 6.54 Å². The predicted molar refractivity (Wildman–Crippen MR) is 45.1 cm³/mol. The lowest BCUT2D eigenvalue weighted by Gasteiger charge is -2.07. The first kappa shape index (κ1) is 10.7. The van der Waals surface area contributed by atoms with E-state index in [2.05, 4.69) is 0 Å². The molecule has 0 aromatic carbocycles. The molecule has 0 aliphatic heterocycles. The van der Waals surface area contributed by atoms with Gasteiger partial charge in [-0.15, -0.1) is 0 Å². The zero-order chi connectivity index (χ0) is 8.85. The Hall–Kier alpha value is -0.340. The maximum Gasteiger partial charge on any atom is 0.358 e. The molecule has 66 valence electrons. The fraction of sp³-hybridized carbons (Fsp3) is 0.833. The highest BCUT2D eigenvalue weighted by Crippen LogP contribution is 2.21. The predicted octanol–water partition coefficient (Wildman–Crippen LogP) is 1.18. The topological polar surface area (TPSA) is 57.6 Å². The van der Waals surface area contributed by atoms with Crippen molar-refractivity contribution < 1.29 is 14.5 Å². The molecule has 0 aliphatic rings. The molecule has 0 saturated carbocycles. The fourth-order valence-corrected chi connectivity index (χ4v) is 1.36. The van der Waals surface area contributed by atoms with Crippen LogP contribution >= 0.6 is 7.80 Å².